The van der Waals surface area contributed by atoms with Gasteiger partial charge in [0.25, 0.3) is 0 Å². The zero-order valence-corrected chi connectivity index (χ0v) is 18.6. The lowest BCUT2D eigenvalue weighted by molar-refractivity contribution is -0.137. The molecular weight excluding hydrogens is 362 g/mol. The summed E-state index contributed by atoms with van der Waals surface area (Å²) < 4.78 is 5.23. The summed E-state index contributed by atoms with van der Waals surface area (Å²) in [7, 11) is 3.72. The lowest BCUT2D eigenvalue weighted by Crippen LogP contribution is -2.51. The molecule has 0 saturated carbocycles. The highest BCUT2D eigenvalue weighted by atomic mass is 16.5. The van der Waals surface area contributed by atoms with Crippen molar-refractivity contribution in [1.29, 1.82) is 0 Å². The minimum Gasteiger partial charge on any atom is -0.497 e. The van der Waals surface area contributed by atoms with Crippen LogP contribution in [0.4, 0.5) is 0 Å². The predicted molar refractivity (Wildman–Crippen MR) is 118 cm³/mol. The van der Waals surface area contributed by atoms with E-state index < -0.39 is 0 Å². The summed E-state index contributed by atoms with van der Waals surface area (Å²) in [6.45, 7) is 8.55. The molecule has 1 aromatic carbocycles. The maximum atomic E-state index is 13.0. The standard InChI is InChI=1S/C24H39N3O2/c1-4-27-15-6-5-7-23(27)24(28)25(2)19-21-13-17-26(18-14-21)16-12-20-8-10-22(29-3)11-9-20/h8-11,21,23H,4-7,12-19H2,1-3H3. The highest BCUT2D eigenvalue weighted by molar-refractivity contribution is 5.81. The van der Waals surface area contributed by atoms with E-state index in [2.05, 4.69) is 28.9 Å². The predicted octanol–water partition coefficient (Wildman–Crippen LogP) is 3.28. The fourth-order valence-electron chi connectivity index (χ4n) is 4.85. The second-order valence-corrected chi connectivity index (χ2v) is 8.74. The van der Waals surface area contributed by atoms with Crippen molar-refractivity contribution in [2.24, 2.45) is 5.92 Å². The number of likely N-dealkylation sites (tertiary alicyclic amines) is 2. The molecule has 0 aromatic heterocycles. The zero-order valence-electron chi connectivity index (χ0n) is 18.6. The van der Waals surface area contributed by atoms with Gasteiger partial charge < -0.3 is 14.5 Å². The molecule has 2 saturated heterocycles. The van der Waals surface area contributed by atoms with Gasteiger partial charge in [0.2, 0.25) is 5.91 Å². The van der Waals surface area contributed by atoms with Crippen LogP contribution in [0.2, 0.25) is 0 Å². The first kappa shape index (κ1) is 22.1. The minimum absolute atomic E-state index is 0.114. The zero-order chi connectivity index (χ0) is 20.6. The van der Waals surface area contributed by atoms with Crippen molar-refractivity contribution in [1.82, 2.24) is 14.7 Å². The monoisotopic (exact) mass is 401 g/mol. The van der Waals surface area contributed by atoms with E-state index in [1.165, 1.54) is 31.2 Å². The first-order valence-corrected chi connectivity index (χ1v) is 11.4. The van der Waals surface area contributed by atoms with E-state index >= 15 is 0 Å². The highest BCUT2D eigenvalue weighted by Gasteiger charge is 2.31. The first-order chi connectivity index (χ1) is 14.1. The topological polar surface area (TPSA) is 36.0 Å². The molecule has 0 N–H and O–H groups in total. The van der Waals surface area contributed by atoms with Crippen LogP contribution in [0.15, 0.2) is 24.3 Å². The third-order valence-corrected chi connectivity index (χ3v) is 6.80. The number of benzene rings is 1. The summed E-state index contributed by atoms with van der Waals surface area (Å²) in [6.07, 6.45) is 6.93. The van der Waals surface area contributed by atoms with Crippen LogP contribution >= 0.6 is 0 Å². The average molecular weight is 402 g/mol. The van der Waals surface area contributed by atoms with Crippen LogP contribution in [0, 0.1) is 5.92 Å². The molecule has 0 radical (unpaired) electrons. The molecule has 0 bridgehead atoms. The molecule has 5 nitrogen and oxygen atoms in total. The number of carbonyl (C=O) groups excluding carboxylic acids is 1. The lowest BCUT2D eigenvalue weighted by Gasteiger charge is -2.38. The Labute approximate surface area is 177 Å². The summed E-state index contributed by atoms with van der Waals surface area (Å²) in [5, 5.41) is 0. The minimum atomic E-state index is 0.114. The Bertz CT molecular complexity index is 626. The number of hydrogen-bond donors (Lipinski definition) is 0. The summed E-state index contributed by atoms with van der Waals surface area (Å²) >= 11 is 0. The summed E-state index contributed by atoms with van der Waals surface area (Å²) in [5.41, 5.74) is 1.37. The Kier molecular flexibility index (Phi) is 8.37. The molecule has 0 aliphatic carbocycles. The molecule has 1 amide bonds. The van der Waals surface area contributed by atoms with Gasteiger partial charge in [0.05, 0.1) is 13.2 Å². The van der Waals surface area contributed by atoms with Crippen LogP contribution < -0.4 is 4.74 Å². The first-order valence-electron chi connectivity index (χ1n) is 11.4. The fourth-order valence-corrected chi connectivity index (χ4v) is 4.85. The number of rotatable bonds is 8. The summed E-state index contributed by atoms with van der Waals surface area (Å²) in [5.74, 6) is 1.90. The molecule has 3 rings (SSSR count). The number of methoxy groups -OCH3 is 1. The maximum Gasteiger partial charge on any atom is 0.239 e. The van der Waals surface area contributed by atoms with Gasteiger partial charge in [-0.15, -0.1) is 0 Å². The van der Waals surface area contributed by atoms with Crippen molar-refractivity contribution in [3.63, 3.8) is 0 Å². The SMILES string of the molecule is CCN1CCCCC1C(=O)N(C)CC1CCN(CCc2ccc(OC)cc2)CC1. The Hall–Kier alpha value is -1.59. The van der Waals surface area contributed by atoms with Gasteiger partial charge in [-0.05, 0) is 81.9 Å². The number of likely N-dealkylation sites (N-methyl/N-ethyl adjacent to an activating group) is 2. The molecule has 1 unspecified atom stereocenters. The van der Waals surface area contributed by atoms with Crippen molar-refractivity contribution in [2.75, 3.05) is 53.4 Å². The molecule has 162 valence electrons. The van der Waals surface area contributed by atoms with E-state index in [-0.39, 0.29) is 6.04 Å². The van der Waals surface area contributed by atoms with Gasteiger partial charge >= 0.3 is 0 Å². The lowest BCUT2D eigenvalue weighted by atomic mass is 9.95. The van der Waals surface area contributed by atoms with Crippen molar-refractivity contribution in [3.05, 3.63) is 29.8 Å². The van der Waals surface area contributed by atoms with Crippen LogP contribution in [-0.4, -0.2) is 80.1 Å². The second kappa shape index (κ2) is 11.0. The van der Waals surface area contributed by atoms with E-state index in [9.17, 15) is 4.79 Å². The molecule has 2 aliphatic rings. The molecule has 29 heavy (non-hydrogen) atoms. The largest absolute Gasteiger partial charge is 0.497 e. The number of amides is 1. The Morgan fingerprint density at radius 3 is 2.48 bits per heavy atom. The van der Waals surface area contributed by atoms with E-state index in [4.69, 9.17) is 4.74 Å². The van der Waals surface area contributed by atoms with Crippen molar-refractivity contribution < 1.29 is 9.53 Å². The average Bonchev–Trinajstić information content (AvgIpc) is 2.78. The second-order valence-electron chi connectivity index (χ2n) is 8.74. The number of carbonyl (C=O) groups is 1. The van der Waals surface area contributed by atoms with Gasteiger partial charge in [0, 0.05) is 20.1 Å². The molecule has 5 heteroatoms. The van der Waals surface area contributed by atoms with Crippen LogP contribution in [0.25, 0.3) is 0 Å². The van der Waals surface area contributed by atoms with Crippen LogP contribution in [0.1, 0.15) is 44.6 Å². The number of hydrogen-bond acceptors (Lipinski definition) is 4. The highest BCUT2D eigenvalue weighted by Crippen LogP contribution is 2.22. The van der Waals surface area contributed by atoms with Crippen LogP contribution in [-0.2, 0) is 11.2 Å². The quantitative estimate of drug-likeness (QED) is 0.670. The van der Waals surface area contributed by atoms with Gasteiger partial charge in [-0.25, -0.2) is 0 Å². The molecule has 2 heterocycles. The molecule has 2 aliphatic heterocycles. The molecular formula is C24H39N3O2. The van der Waals surface area contributed by atoms with E-state index in [0.717, 1.165) is 57.9 Å². The number of piperidine rings is 2. The smallest absolute Gasteiger partial charge is 0.239 e. The van der Waals surface area contributed by atoms with Gasteiger partial charge in [0.15, 0.2) is 0 Å². The summed E-state index contributed by atoms with van der Waals surface area (Å²) in [4.78, 5) is 19.9. The normalized spacial score (nSPS) is 21.8. The van der Waals surface area contributed by atoms with Crippen molar-refractivity contribution in [3.8, 4) is 5.75 Å². The van der Waals surface area contributed by atoms with Crippen molar-refractivity contribution >= 4 is 5.91 Å². The molecule has 1 aromatic rings. The van der Waals surface area contributed by atoms with Gasteiger partial charge in [-0.2, -0.15) is 0 Å². The van der Waals surface area contributed by atoms with Gasteiger partial charge in [-0.1, -0.05) is 25.5 Å². The van der Waals surface area contributed by atoms with E-state index in [0.29, 0.717) is 11.8 Å². The van der Waals surface area contributed by atoms with E-state index in [1.807, 2.05) is 24.1 Å². The number of nitrogens with zero attached hydrogens (tertiary/aromatic N) is 3. The van der Waals surface area contributed by atoms with Crippen LogP contribution in [0.5, 0.6) is 5.75 Å². The number of ether oxygens (including phenoxy) is 1. The third kappa shape index (κ3) is 6.19. The Balaban J connectivity index is 1.39. The van der Waals surface area contributed by atoms with Crippen molar-refractivity contribution in [2.45, 2.75) is 51.5 Å². The van der Waals surface area contributed by atoms with E-state index in [1.54, 1.807) is 7.11 Å². The molecule has 0 spiro atoms. The molecule has 1 atom stereocenters. The Morgan fingerprint density at radius 2 is 1.83 bits per heavy atom. The summed E-state index contributed by atoms with van der Waals surface area (Å²) in [6, 6.07) is 8.53. The fraction of sp³-hybridized carbons (Fsp3) is 0.708. The van der Waals surface area contributed by atoms with Gasteiger partial charge in [-0.3, -0.25) is 9.69 Å². The maximum absolute atomic E-state index is 13.0. The van der Waals surface area contributed by atoms with Gasteiger partial charge in [0.1, 0.15) is 5.75 Å². The third-order valence-electron chi connectivity index (χ3n) is 6.80. The molecule has 2 fully saturated rings. The van der Waals surface area contributed by atoms with Crippen LogP contribution in [0.3, 0.4) is 0 Å². The Morgan fingerprint density at radius 1 is 1.10 bits per heavy atom.